The first-order valence-corrected chi connectivity index (χ1v) is 5.44. The predicted octanol–water partition coefficient (Wildman–Crippen LogP) is 3.08. The molecule has 1 unspecified atom stereocenters. The van der Waals surface area contributed by atoms with E-state index in [2.05, 4.69) is 18.8 Å². The highest BCUT2D eigenvalue weighted by atomic mass is 35.5. The minimum Gasteiger partial charge on any atom is -0.383 e. The summed E-state index contributed by atoms with van der Waals surface area (Å²) in [6.07, 6.45) is 2.90. The van der Waals surface area contributed by atoms with Crippen LogP contribution in [0.1, 0.15) is 31.9 Å². The quantitative estimate of drug-likeness (QED) is 0.850. The summed E-state index contributed by atoms with van der Waals surface area (Å²) in [5, 5.41) is 0.638. The fraction of sp³-hybridized carbons (Fsp3) is 0.364. The molecule has 1 atom stereocenters. The van der Waals surface area contributed by atoms with Gasteiger partial charge in [-0.15, -0.1) is 0 Å². The fourth-order valence-electron chi connectivity index (χ4n) is 1.63. The predicted molar refractivity (Wildman–Crippen MR) is 63.3 cm³/mol. The molecule has 2 aromatic rings. The van der Waals surface area contributed by atoms with Crippen molar-refractivity contribution < 1.29 is 0 Å². The molecule has 0 aliphatic heterocycles. The van der Waals surface area contributed by atoms with Gasteiger partial charge in [0.15, 0.2) is 5.65 Å². The molecular formula is C11H14ClN3. The van der Waals surface area contributed by atoms with Crippen LogP contribution in [0.2, 0.25) is 5.02 Å². The van der Waals surface area contributed by atoms with Crippen LogP contribution < -0.4 is 5.73 Å². The highest BCUT2D eigenvalue weighted by Crippen LogP contribution is 2.27. The summed E-state index contributed by atoms with van der Waals surface area (Å²) in [6.45, 7) is 4.24. The lowest BCUT2D eigenvalue weighted by molar-refractivity contribution is 0.716. The Morgan fingerprint density at radius 1 is 1.60 bits per heavy atom. The van der Waals surface area contributed by atoms with E-state index < -0.39 is 0 Å². The van der Waals surface area contributed by atoms with Crippen LogP contribution >= 0.6 is 11.6 Å². The molecule has 0 aromatic carbocycles. The Morgan fingerprint density at radius 2 is 2.33 bits per heavy atom. The van der Waals surface area contributed by atoms with Gasteiger partial charge in [-0.05, 0) is 18.6 Å². The van der Waals surface area contributed by atoms with Gasteiger partial charge in [0.25, 0.3) is 0 Å². The van der Waals surface area contributed by atoms with Crippen molar-refractivity contribution in [2.24, 2.45) is 0 Å². The minimum absolute atomic E-state index is 0.362. The standard InChI is InChI=1S/C11H14ClN3/c1-3-7(2)9-10(13)15-6-4-5-8(12)11(15)14-9/h4-7H,3,13H2,1-2H3. The maximum Gasteiger partial charge on any atom is 0.157 e. The van der Waals surface area contributed by atoms with E-state index in [-0.39, 0.29) is 0 Å². The zero-order valence-electron chi connectivity index (χ0n) is 8.87. The number of aromatic nitrogens is 2. The topological polar surface area (TPSA) is 43.3 Å². The van der Waals surface area contributed by atoms with Crippen LogP contribution in [0.5, 0.6) is 0 Å². The molecule has 0 aliphatic carbocycles. The molecule has 15 heavy (non-hydrogen) atoms. The third-order valence-electron chi connectivity index (χ3n) is 2.75. The molecule has 4 heteroatoms. The van der Waals surface area contributed by atoms with E-state index in [9.17, 15) is 0 Å². The van der Waals surface area contributed by atoms with Crippen LogP contribution in [-0.4, -0.2) is 9.38 Å². The van der Waals surface area contributed by atoms with Gasteiger partial charge in [-0.3, -0.25) is 4.40 Å². The van der Waals surface area contributed by atoms with Gasteiger partial charge in [0.1, 0.15) is 5.82 Å². The van der Waals surface area contributed by atoms with Crippen molar-refractivity contribution in [3.63, 3.8) is 0 Å². The van der Waals surface area contributed by atoms with Crippen molar-refractivity contribution in [3.8, 4) is 0 Å². The molecule has 2 N–H and O–H groups in total. The number of hydrogen-bond acceptors (Lipinski definition) is 2. The SMILES string of the molecule is CCC(C)c1nc2c(Cl)cccn2c1N. The minimum atomic E-state index is 0.362. The summed E-state index contributed by atoms with van der Waals surface area (Å²) in [5.74, 6) is 1.06. The van der Waals surface area contributed by atoms with Crippen LogP contribution in [-0.2, 0) is 0 Å². The molecule has 0 radical (unpaired) electrons. The van der Waals surface area contributed by atoms with E-state index in [1.54, 1.807) is 0 Å². The summed E-state index contributed by atoms with van der Waals surface area (Å²) in [4.78, 5) is 4.49. The molecule has 0 aliphatic rings. The first-order chi connectivity index (χ1) is 7.15. The molecular weight excluding hydrogens is 210 g/mol. The Kier molecular flexibility index (Phi) is 2.57. The van der Waals surface area contributed by atoms with Gasteiger partial charge in [-0.1, -0.05) is 25.4 Å². The Bertz CT molecular complexity index is 490. The smallest absolute Gasteiger partial charge is 0.157 e. The van der Waals surface area contributed by atoms with Gasteiger partial charge in [0.2, 0.25) is 0 Å². The van der Waals surface area contributed by atoms with Gasteiger partial charge in [-0.2, -0.15) is 0 Å². The van der Waals surface area contributed by atoms with Crippen LogP contribution in [0.4, 0.5) is 5.82 Å². The zero-order chi connectivity index (χ0) is 11.0. The summed E-state index contributed by atoms with van der Waals surface area (Å²) >= 11 is 6.05. The molecule has 0 amide bonds. The second-order valence-corrected chi connectivity index (χ2v) is 4.15. The molecule has 3 nitrogen and oxygen atoms in total. The molecule has 2 rings (SSSR count). The van der Waals surface area contributed by atoms with Gasteiger partial charge in [0.05, 0.1) is 10.7 Å². The van der Waals surface area contributed by atoms with Crippen molar-refractivity contribution in [1.82, 2.24) is 9.38 Å². The van der Waals surface area contributed by atoms with Crippen molar-refractivity contribution in [2.75, 3.05) is 5.73 Å². The maximum atomic E-state index is 6.05. The average molecular weight is 224 g/mol. The van der Waals surface area contributed by atoms with E-state index in [0.717, 1.165) is 17.8 Å². The van der Waals surface area contributed by atoms with Crippen LogP contribution in [0, 0.1) is 0 Å². The number of pyridine rings is 1. The first kappa shape index (κ1) is 10.3. The third kappa shape index (κ3) is 1.57. The first-order valence-electron chi connectivity index (χ1n) is 5.07. The van der Waals surface area contributed by atoms with Gasteiger partial charge < -0.3 is 5.73 Å². The number of fused-ring (bicyclic) bond motifs is 1. The number of hydrogen-bond donors (Lipinski definition) is 1. The van der Waals surface area contributed by atoms with Gasteiger partial charge in [0, 0.05) is 12.1 Å². The van der Waals surface area contributed by atoms with Crippen LogP contribution in [0.15, 0.2) is 18.3 Å². The monoisotopic (exact) mass is 223 g/mol. The lowest BCUT2D eigenvalue weighted by atomic mass is 10.1. The van der Waals surface area contributed by atoms with Crippen molar-refractivity contribution in [1.29, 1.82) is 0 Å². The normalized spacial score (nSPS) is 13.3. The Labute approximate surface area is 93.9 Å². The molecule has 0 spiro atoms. The van der Waals surface area contributed by atoms with Crippen LogP contribution in [0.3, 0.4) is 0 Å². The Morgan fingerprint density at radius 3 is 2.93 bits per heavy atom. The molecule has 0 saturated carbocycles. The highest BCUT2D eigenvalue weighted by molar-refractivity contribution is 6.33. The molecule has 0 saturated heterocycles. The van der Waals surface area contributed by atoms with E-state index in [4.69, 9.17) is 17.3 Å². The number of halogens is 1. The highest BCUT2D eigenvalue weighted by Gasteiger charge is 2.15. The molecule has 0 bridgehead atoms. The van der Waals surface area contributed by atoms with Gasteiger partial charge in [-0.25, -0.2) is 4.98 Å². The lowest BCUT2D eigenvalue weighted by Crippen LogP contribution is -1.99. The van der Waals surface area contributed by atoms with Crippen molar-refractivity contribution >= 4 is 23.1 Å². The second kappa shape index (κ2) is 3.74. The maximum absolute atomic E-state index is 6.05. The fourth-order valence-corrected chi connectivity index (χ4v) is 1.83. The molecule has 80 valence electrons. The number of nitrogens with two attached hydrogens (primary N) is 1. The third-order valence-corrected chi connectivity index (χ3v) is 3.04. The van der Waals surface area contributed by atoms with Crippen molar-refractivity contribution in [2.45, 2.75) is 26.2 Å². The largest absolute Gasteiger partial charge is 0.383 e. The van der Waals surface area contributed by atoms with Crippen LogP contribution in [0.25, 0.3) is 5.65 Å². The van der Waals surface area contributed by atoms with E-state index in [1.165, 1.54) is 0 Å². The summed E-state index contributed by atoms with van der Waals surface area (Å²) in [6, 6.07) is 3.69. The molecule has 2 aromatic heterocycles. The Balaban J connectivity index is 2.69. The van der Waals surface area contributed by atoms with E-state index >= 15 is 0 Å². The Hall–Kier alpha value is -1.22. The number of anilines is 1. The lowest BCUT2D eigenvalue weighted by Gasteiger charge is -2.04. The van der Waals surface area contributed by atoms with E-state index in [0.29, 0.717) is 16.8 Å². The summed E-state index contributed by atoms with van der Waals surface area (Å²) in [7, 11) is 0. The summed E-state index contributed by atoms with van der Waals surface area (Å²) in [5.41, 5.74) is 7.70. The second-order valence-electron chi connectivity index (χ2n) is 3.74. The van der Waals surface area contributed by atoms with Crippen molar-refractivity contribution in [3.05, 3.63) is 29.0 Å². The molecule has 2 heterocycles. The molecule has 0 fully saturated rings. The zero-order valence-corrected chi connectivity index (χ0v) is 9.62. The van der Waals surface area contributed by atoms with E-state index in [1.807, 2.05) is 22.7 Å². The average Bonchev–Trinajstić information content (AvgIpc) is 2.57. The number of imidazole rings is 1. The number of nitrogens with zero attached hydrogens (tertiary/aromatic N) is 2. The summed E-state index contributed by atoms with van der Waals surface area (Å²) < 4.78 is 1.84. The number of rotatable bonds is 2. The number of nitrogen functional groups attached to an aromatic ring is 1. The van der Waals surface area contributed by atoms with Gasteiger partial charge >= 0.3 is 0 Å².